The van der Waals surface area contributed by atoms with Gasteiger partial charge in [0, 0.05) is 12.4 Å². The summed E-state index contributed by atoms with van der Waals surface area (Å²) in [7, 11) is 0. The van der Waals surface area contributed by atoms with Crippen LogP contribution < -0.4 is 4.74 Å². The first-order chi connectivity index (χ1) is 15.3. The van der Waals surface area contributed by atoms with E-state index in [-0.39, 0.29) is 11.6 Å². The number of benzene rings is 2. The number of halogens is 2. The molecule has 0 amide bonds. The summed E-state index contributed by atoms with van der Waals surface area (Å²) in [6.45, 7) is 0.224. The van der Waals surface area contributed by atoms with Crippen LogP contribution in [0, 0.1) is 5.82 Å². The van der Waals surface area contributed by atoms with Gasteiger partial charge < -0.3 is 20.1 Å². The third-order valence-corrected chi connectivity index (χ3v) is 4.51. The molecule has 0 unspecified atom stereocenters. The van der Waals surface area contributed by atoms with Crippen molar-refractivity contribution in [2.24, 2.45) is 0 Å². The molecule has 9 heteroatoms. The third-order valence-electron chi connectivity index (χ3n) is 4.22. The molecule has 168 valence electrons. The quantitative estimate of drug-likeness (QED) is 0.454. The van der Waals surface area contributed by atoms with E-state index in [1.54, 1.807) is 24.5 Å². The molecule has 1 atom stereocenters. The maximum Gasteiger partial charge on any atom is 0.414 e. The Labute approximate surface area is 188 Å². The van der Waals surface area contributed by atoms with Crippen molar-refractivity contribution in [1.82, 2.24) is 4.98 Å². The molecule has 0 fully saturated rings. The van der Waals surface area contributed by atoms with Crippen LogP contribution in [0.15, 0.2) is 67.0 Å². The second kappa shape index (κ2) is 12.4. The fourth-order valence-corrected chi connectivity index (χ4v) is 2.75. The monoisotopic (exact) mass is 461 g/mol. The zero-order valence-electron chi connectivity index (χ0n) is 16.8. The highest BCUT2D eigenvalue weighted by molar-refractivity contribution is 6.31. The zero-order chi connectivity index (χ0) is 23.5. The predicted molar refractivity (Wildman–Crippen MR) is 116 cm³/mol. The first-order valence-corrected chi connectivity index (χ1v) is 9.85. The number of carboxylic acid groups (broad SMARTS) is 2. The number of aliphatic carboxylic acids is 2. The number of pyridine rings is 1. The predicted octanol–water partition coefficient (Wildman–Crippen LogP) is 4.07. The Bertz CT molecular complexity index is 1020. The summed E-state index contributed by atoms with van der Waals surface area (Å²) in [6.07, 6.45) is 4.34. The van der Waals surface area contributed by atoms with Gasteiger partial charge in [-0.3, -0.25) is 4.98 Å². The molecule has 0 radical (unpaired) electrons. The van der Waals surface area contributed by atoms with Crippen molar-refractivity contribution in [3.8, 4) is 16.9 Å². The molecule has 0 bridgehead atoms. The Morgan fingerprint density at radius 3 is 2.25 bits per heavy atom. The van der Waals surface area contributed by atoms with Crippen LogP contribution in [0.4, 0.5) is 4.39 Å². The minimum absolute atomic E-state index is 0.0968. The number of ether oxygens (including phenoxy) is 1. The summed E-state index contributed by atoms with van der Waals surface area (Å²) in [4.78, 5) is 22.3. The lowest BCUT2D eigenvalue weighted by Crippen LogP contribution is -2.18. The van der Waals surface area contributed by atoms with Crippen molar-refractivity contribution in [3.63, 3.8) is 0 Å². The lowest BCUT2D eigenvalue weighted by molar-refractivity contribution is -0.159. The van der Waals surface area contributed by atoms with E-state index in [0.717, 1.165) is 23.1 Å². The zero-order valence-corrected chi connectivity index (χ0v) is 17.6. The van der Waals surface area contributed by atoms with Gasteiger partial charge in [-0.05, 0) is 59.9 Å². The highest BCUT2D eigenvalue weighted by atomic mass is 35.5. The first kappa shape index (κ1) is 24.8. The molecule has 3 N–H and O–H groups in total. The van der Waals surface area contributed by atoms with Crippen molar-refractivity contribution >= 4 is 23.5 Å². The molecule has 3 aromatic rings. The smallest absolute Gasteiger partial charge is 0.414 e. The SMILES string of the molecule is O=C(O)C(=O)O.O[C@H](CCc1cccnc1)COc1ccc(-c2ccc(F)c(Cl)c2)cc1. The van der Waals surface area contributed by atoms with Gasteiger partial charge in [-0.2, -0.15) is 0 Å². The van der Waals surface area contributed by atoms with E-state index in [0.29, 0.717) is 12.2 Å². The molecule has 32 heavy (non-hydrogen) atoms. The minimum Gasteiger partial charge on any atom is -0.491 e. The molecule has 0 saturated carbocycles. The summed E-state index contributed by atoms with van der Waals surface area (Å²) >= 11 is 5.82. The van der Waals surface area contributed by atoms with Crippen LogP contribution >= 0.6 is 11.6 Å². The second-order valence-corrected chi connectivity index (χ2v) is 7.04. The van der Waals surface area contributed by atoms with E-state index in [4.69, 9.17) is 36.1 Å². The summed E-state index contributed by atoms with van der Waals surface area (Å²) in [5.74, 6) is -3.41. The van der Waals surface area contributed by atoms with E-state index in [9.17, 15) is 9.50 Å². The van der Waals surface area contributed by atoms with Gasteiger partial charge in [0.15, 0.2) is 0 Å². The van der Waals surface area contributed by atoms with Crippen LogP contribution in [0.25, 0.3) is 11.1 Å². The molecule has 0 aliphatic carbocycles. The minimum atomic E-state index is -1.82. The van der Waals surface area contributed by atoms with Crippen molar-refractivity contribution < 1.29 is 34.0 Å². The van der Waals surface area contributed by atoms with E-state index < -0.39 is 23.9 Å². The van der Waals surface area contributed by atoms with Gasteiger partial charge in [0.05, 0.1) is 11.1 Å². The second-order valence-electron chi connectivity index (χ2n) is 6.63. The number of nitrogens with zero attached hydrogens (tertiary/aromatic N) is 1. The molecule has 7 nitrogen and oxygen atoms in total. The summed E-state index contributed by atoms with van der Waals surface area (Å²) in [5, 5.41) is 24.9. The Morgan fingerprint density at radius 2 is 1.69 bits per heavy atom. The van der Waals surface area contributed by atoms with Crippen LogP contribution in [-0.4, -0.2) is 45.0 Å². The average molecular weight is 462 g/mol. The number of aliphatic hydroxyl groups excluding tert-OH is 1. The molecule has 0 aliphatic rings. The number of carboxylic acids is 2. The first-order valence-electron chi connectivity index (χ1n) is 9.47. The van der Waals surface area contributed by atoms with E-state index in [1.807, 2.05) is 36.4 Å². The number of hydrogen-bond donors (Lipinski definition) is 3. The van der Waals surface area contributed by atoms with Gasteiger partial charge in [0.2, 0.25) is 0 Å². The van der Waals surface area contributed by atoms with Crippen molar-refractivity contribution in [2.45, 2.75) is 18.9 Å². The van der Waals surface area contributed by atoms with Crippen molar-refractivity contribution in [3.05, 3.63) is 83.4 Å². The number of hydrogen-bond acceptors (Lipinski definition) is 5. The maximum absolute atomic E-state index is 13.2. The van der Waals surface area contributed by atoms with Crippen LogP contribution in [-0.2, 0) is 16.0 Å². The Hall–Kier alpha value is -3.49. The molecule has 0 saturated heterocycles. The molecular formula is C23H21ClFNO6. The van der Waals surface area contributed by atoms with Crippen molar-refractivity contribution in [1.29, 1.82) is 0 Å². The van der Waals surface area contributed by atoms with Crippen LogP contribution in [0.2, 0.25) is 5.02 Å². The maximum atomic E-state index is 13.2. The average Bonchev–Trinajstić information content (AvgIpc) is 2.79. The molecular weight excluding hydrogens is 441 g/mol. The van der Waals surface area contributed by atoms with Gasteiger partial charge in [-0.25, -0.2) is 14.0 Å². The Morgan fingerprint density at radius 1 is 1.03 bits per heavy atom. The van der Waals surface area contributed by atoms with E-state index in [1.165, 1.54) is 6.07 Å². The number of carbonyl (C=O) groups is 2. The van der Waals surface area contributed by atoms with Gasteiger partial charge >= 0.3 is 11.9 Å². The van der Waals surface area contributed by atoms with Crippen LogP contribution in [0.1, 0.15) is 12.0 Å². The van der Waals surface area contributed by atoms with Crippen LogP contribution in [0.5, 0.6) is 5.75 Å². The molecule has 3 rings (SSSR count). The summed E-state index contributed by atoms with van der Waals surface area (Å²) in [5.41, 5.74) is 2.84. The highest BCUT2D eigenvalue weighted by Crippen LogP contribution is 2.26. The number of aryl methyl sites for hydroxylation is 1. The molecule has 1 aromatic heterocycles. The van der Waals surface area contributed by atoms with Gasteiger partial charge in [-0.15, -0.1) is 0 Å². The molecule has 0 spiro atoms. The fraction of sp³-hybridized carbons (Fsp3) is 0.174. The molecule has 1 heterocycles. The normalized spacial score (nSPS) is 11.1. The van der Waals surface area contributed by atoms with E-state index in [2.05, 4.69) is 4.98 Å². The van der Waals surface area contributed by atoms with Crippen molar-refractivity contribution in [2.75, 3.05) is 6.61 Å². The Balaban J connectivity index is 0.000000534. The molecule has 0 aliphatic heterocycles. The van der Waals surface area contributed by atoms with E-state index >= 15 is 0 Å². The van der Waals surface area contributed by atoms with Gasteiger partial charge in [0.25, 0.3) is 0 Å². The highest BCUT2D eigenvalue weighted by Gasteiger charge is 2.07. The lowest BCUT2D eigenvalue weighted by Gasteiger charge is -2.13. The van der Waals surface area contributed by atoms with Gasteiger partial charge in [0.1, 0.15) is 18.2 Å². The largest absolute Gasteiger partial charge is 0.491 e. The number of rotatable bonds is 7. The topological polar surface area (TPSA) is 117 Å². The number of aromatic nitrogens is 1. The summed E-state index contributed by atoms with van der Waals surface area (Å²) < 4.78 is 18.9. The molecule has 2 aromatic carbocycles. The fourth-order valence-electron chi connectivity index (χ4n) is 2.57. The summed E-state index contributed by atoms with van der Waals surface area (Å²) in [6, 6.07) is 15.9. The third kappa shape index (κ3) is 8.33. The van der Waals surface area contributed by atoms with Gasteiger partial charge in [-0.1, -0.05) is 35.9 Å². The Kier molecular flexibility index (Phi) is 9.59. The van der Waals surface area contributed by atoms with Crippen LogP contribution in [0.3, 0.4) is 0 Å². The standard InChI is InChI=1S/C21H19ClFNO2.C2H2O4/c22-20-12-17(6-10-21(20)23)16-4-8-19(9-5-16)26-14-18(25)7-3-15-2-1-11-24-13-15;3-1(4)2(5)6/h1-2,4-6,8-13,18,25H,3,7,14H2;(H,3,4)(H,5,6)/t18-;/m1./s1. The number of aliphatic hydroxyl groups is 1. The lowest BCUT2D eigenvalue weighted by atomic mass is 10.1.